The highest BCUT2D eigenvalue weighted by Gasteiger charge is 2.23. The van der Waals surface area contributed by atoms with Crippen LogP contribution < -0.4 is 15.8 Å². The molecule has 1 saturated heterocycles. The summed E-state index contributed by atoms with van der Waals surface area (Å²) in [5, 5.41) is 2.88. The van der Waals surface area contributed by atoms with Gasteiger partial charge in [-0.1, -0.05) is 24.3 Å². The fourth-order valence-electron chi connectivity index (χ4n) is 2.44. The molecule has 0 radical (unpaired) electrons. The van der Waals surface area contributed by atoms with E-state index in [2.05, 4.69) is 5.32 Å². The van der Waals surface area contributed by atoms with E-state index in [0.717, 1.165) is 12.2 Å². The second kappa shape index (κ2) is 6.49. The fraction of sp³-hybridized carbons (Fsp3) is 0.235. The molecule has 22 heavy (non-hydrogen) atoms. The van der Waals surface area contributed by atoms with Gasteiger partial charge in [-0.3, -0.25) is 0 Å². The number of ether oxygens (including phenoxy) is 1. The first-order valence-electron chi connectivity index (χ1n) is 7.35. The molecule has 1 aliphatic heterocycles. The van der Waals surface area contributed by atoms with Crippen LogP contribution in [0.2, 0.25) is 0 Å². The first-order chi connectivity index (χ1) is 10.7. The van der Waals surface area contributed by atoms with Gasteiger partial charge in [0.2, 0.25) is 0 Å². The number of amides is 2. The quantitative estimate of drug-likeness (QED) is 0.915. The van der Waals surface area contributed by atoms with Crippen LogP contribution in [-0.4, -0.2) is 30.1 Å². The summed E-state index contributed by atoms with van der Waals surface area (Å²) < 4.78 is 5.76. The Hall–Kier alpha value is -2.53. The standard InChI is InChI=1S/C17H19N3O2/c18-13-9-10-20(12-13)17(21)19-14-5-4-8-16(11-14)22-15-6-2-1-3-7-15/h1-8,11,13H,9-10,12,18H2,(H,19,21)/t13-/m1/s1. The number of para-hydroxylation sites is 1. The van der Waals surface area contributed by atoms with Crippen LogP contribution in [0.25, 0.3) is 0 Å². The van der Waals surface area contributed by atoms with Crippen molar-refractivity contribution < 1.29 is 9.53 Å². The Balaban J connectivity index is 1.65. The first kappa shape index (κ1) is 14.4. The zero-order valence-electron chi connectivity index (χ0n) is 12.2. The lowest BCUT2D eigenvalue weighted by atomic mass is 10.3. The Morgan fingerprint density at radius 1 is 1.14 bits per heavy atom. The van der Waals surface area contributed by atoms with Crippen LogP contribution in [0.1, 0.15) is 6.42 Å². The van der Waals surface area contributed by atoms with Crippen LogP contribution in [0.3, 0.4) is 0 Å². The van der Waals surface area contributed by atoms with E-state index >= 15 is 0 Å². The lowest BCUT2D eigenvalue weighted by molar-refractivity contribution is 0.222. The van der Waals surface area contributed by atoms with Crippen molar-refractivity contribution in [3.05, 3.63) is 54.6 Å². The number of nitrogens with one attached hydrogen (secondary N) is 1. The van der Waals surface area contributed by atoms with Crippen molar-refractivity contribution in [3.8, 4) is 11.5 Å². The molecular weight excluding hydrogens is 278 g/mol. The van der Waals surface area contributed by atoms with Gasteiger partial charge in [0.25, 0.3) is 0 Å². The predicted octanol–water partition coefficient (Wildman–Crippen LogP) is 3.04. The van der Waals surface area contributed by atoms with Crippen molar-refractivity contribution in [1.82, 2.24) is 4.90 Å². The monoisotopic (exact) mass is 297 g/mol. The van der Waals surface area contributed by atoms with Gasteiger partial charge in [-0.05, 0) is 30.7 Å². The van der Waals surface area contributed by atoms with Crippen molar-refractivity contribution in [2.45, 2.75) is 12.5 Å². The summed E-state index contributed by atoms with van der Waals surface area (Å²) in [6, 6.07) is 16.8. The van der Waals surface area contributed by atoms with Crippen molar-refractivity contribution >= 4 is 11.7 Å². The summed E-state index contributed by atoms with van der Waals surface area (Å²) in [7, 11) is 0. The third-order valence-electron chi connectivity index (χ3n) is 3.58. The summed E-state index contributed by atoms with van der Waals surface area (Å²) >= 11 is 0. The van der Waals surface area contributed by atoms with Crippen LogP contribution in [0.4, 0.5) is 10.5 Å². The summed E-state index contributed by atoms with van der Waals surface area (Å²) in [6.45, 7) is 1.30. The van der Waals surface area contributed by atoms with Gasteiger partial charge in [-0.25, -0.2) is 4.79 Å². The van der Waals surface area contributed by atoms with E-state index in [1.165, 1.54) is 0 Å². The van der Waals surface area contributed by atoms with Gasteiger partial charge >= 0.3 is 6.03 Å². The van der Waals surface area contributed by atoms with E-state index in [0.29, 0.717) is 24.5 Å². The normalized spacial score (nSPS) is 17.3. The molecule has 0 unspecified atom stereocenters. The number of hydrogen-bond donors (Lipinski definition) is 2. The molecule has 5 nitrogen and oxygen atoms in total. The van der Waals surface area contributed by atoms with E-state index in [4.69, 9.17) is 10.5 Å². The third kappa shape index (κ3) is 3.56. The minimum atomic E-state index is -0.121. The number of carbonyl (C=O) groups excluding carboxylic acids is 1. The maximum Gasteiger partial charge on any atom is 0.321 e. The molecule has 2 amide bonds. The van der Waals surface area contributed by atoms with E-state index in [1.54, 1.807) is 11.0 Å². The predicted molar refractivity (Wildman–Crippen MR) is 86.1 cm³/mol. The second-order valence-electron chi connectivity index (χ2n) is 5.37. The number of nitrogens with zero attached hydrogens (tertiary/aromatic N) is 1. The zero-order valence-corrected chi connectivity index (χ0v) is 12.2. The fourth-order valence-corrected chi connectivity index (χ4v) is 2.44. The molecule has 0 aromatic heterocycles. The molecular formula is C17H19N3O2. The van der Waals surface area contributed by atoms with Crippen molar-refractivity contribution in [3.63, 3.8) is 0 Å². The zero-order chi connectivity index (χ0) is 15.4. The lowest BCUT2D eigenvalue weighted by Crippen LogP contribution is -2.35. The molecule has 3 rings (SSSR count). The van der Waals surface area contributed by atoms with Crippen molar-refractivity contribution in [1.29, 1.82) is 0 Å². The number of anilines is 1. The van der Waals surface area contributed by atoms with Crippen LogP contribution in [0.5, 0.6) is 11.5 Å². The molecule has 0 bridgehead atoms. The molecule has 5 heteroatoms. The first-order valence-corrected chi connectivity index (χ1v) is 7.35. The highest BCUT2D eigenvalue weighted by Crippen LogP contribution is 2.24. The van der Waals surface area contributed by atoms with Gasteiger partial charge in [-0.2, -0.15) is 0 Å². The minimum absolute atomic E-state index is 0.0819. The molecule has 1 heterocycles. The Bertz CT molecular complexity index is 645. The van der Waals surface area contributed by atoms with Crippen molar-refractivity contribution in [2.75, 3.05) is 18.4 Å². The number of urea groups is 1. The number of carbonyl (C=O) groups is 1. The van der Waals surface area contributed by atoms with Gasteiger partial charge in [0.15, 0.2) is 0 Å². The Kier molecular flexibility index (Phi) is 4.25. The number of likely N-dealkylation sites (tertiary alicyclic amines) is 1. The Morgan fingerprint density at radius 2 is 1.91 bits per heavy atom. The highest BCUT2D eigenvalue weighted by atomic mass is 16.5. The number of benzene rings is 2. The summed E-state index contributed by atoms with van der Waals surface area (Å²) in [4.78, 5) is 13.9. The number of nitrogens with two attached hydrogens (primary N) is 1. The molecule has 0 saturated carbocycles. The summed E-state index contributed by atoms with van der Waals surface area (Å²) in [5.41, 5.74) is 6.53. The average molecular weight is 297 g/mol. The molecule has 2 aromatic carbocycles. The topological polar surface area (TPSA) is 67.6 Å². The SMILES string of the molecule is N[C@@H]1CCN(C(=O)Nc2cccc(Oc3ccccc3)c2)C1. The molecule has 0 spiro atoms. The van der Waals surface area contributed by atoms with Gasteiger partial charge in [0.05, 0.1) is 0 Å². The van der Waals surface area contributed by atoms with E-state index < -0.39 is 0 Å². The molecule has 1 fully saturated rings. The second-order valence-corrected chi connectivity index (χ2v) is 5.37. The van der Waals surface area contributed by atoms with Gasteiger partial charge in [0, 0.05) is 30.9 Å². The maximum atomic E-state index is 12.1. The Labute approximate surface area is 129 Å². The van der Waals surface area contributed by atoms with E-state index in [-0.39, 0.29) is 12.1 Å². The number of hydrogen-bond acceptors (Lipinski definition) is 3. The molecule has 0 aliphatic carbocycles. The molecule has 114 valence electrons. The summed E-state index contributed by atoms with van der Waals surface area (Å²) in [6.07, 6.45) is 0.852. The molecule has 1 atom stereocenters. The molecule has 2 aromatic rings. The van der Waals surface area contributed by atoms with Gasteiger partial charge in [-0.15, -0.1) is 0 Å². The van der Waals surface area contributed by atoms with Crippen LogP contribution >= 0.6 is 0 Å². The van der Waals surface area contributed by atoms with E-state index in [9.17, 15) is 4.79 Å². The molecule has 1 aliphatic rings. The van der Waals surface area contributed by atoms with E-state index in [1.807, 2.05) is 48.5 Å². The number of rotatable bonds is 3. The third-order valence-corrected chi connectivity index (χ3v) is 3.58. The lowest BCUT2D eigenvalue weighted by Gasteiger charge is -2.17. The van der Waals surface area contributed by atoms with Gasteiger partial charge < -0.3 is 20.7 Å². The maximum absolute atomic E-state index is 12.1. The smallest absolute Gasteiger partial charge is 0.321 e. The van der Waals surface area contributed by atoms with Crippen LogP contribution in [0, 0.1) is 0 Å². The summed E-state index contributed by atoms with van der Waals surface area (Å²) in [5.74, 6) is 1.44. The minimum Gasteiger partial charge on any atom is -0.457 e. The Morgan fingerprint density at radius 3 is 2.64 bits per heavy atom. The molecule has 3 N–H and O–H groups in total. The van der Waals surface area contributed by atoms with Crippen LogP contribution in [0.15, 0.2) is 54.6 Å². The average Bonchev–Trinajstić information content (AvgIpc) is 2.95. The highest BCUT2D eigenvalue weighted by molar-refractivity contribution is 5.89. The van der Waals surface area contributed by atoms with Crippen molar-refractivity contribution in [2.24, 2.45) is 5.73 Å². The van der Waals surface area contributed by atoms with Gasteiger partial charge in [0.1, 0.15) is 11.5 Å². The van der Waals surface area contributed by atoms with Crippen LogP contribution in [-0.2, 0) is 0 Å². The largest absolute Gasteiger partial charge is 0.457 e.